The van der Waals surface area contributed by atoms with Gasteiger partial charge in [-0.3, -0.25) is 0 Å². The Hall–Kier alpha value is -1.20. The van der Waals surface area contributed by atoms with E-state index in [1.54, 1.807) is 27.7 Å². The molecule has 0 saturated heterocycles. The molecule has 6 heteroatoms. The summed E-state index contributed by atoms with van der Waals surface area (Å²) in [5.41, 5.74) is -2.93. The molecule has 0 aliphatic carbocycles. The number of alkyl halides is 6. The zero-order valence-corrected chi connectivity index (χ0v) is 11.6. The molecule has 20 heavy (non-hydrogen) atoms. The molecule has 0 spiro atoms. The number of rotatable bonds is 1. The molecule has 1 aromatic carbocycles. The van der Waals surface area contributed by atoms with E-state index in [0.29, 0.717) is 0 Å². The maximum atomic E-state index is 12.7. The van der Waals surface area contributed by atoms with Crippen molar-refractivity contribution in [1.82, 2.24) is 0 Å². The summed E-state index contributed by atoms with van der Waals surface area (Å²) in [7, 11) is 0. The first kappa shape index (κ1) is 16.9. The molecule has 0 aliphatic heterocycles. The average Bonchev–Trinajstić information content (AvgIpc) is 2.23. The standard InChI is InChI=1S/C14H16F6/c1-8(12(2,3)4)9-5-10(13(15,16)17)7-11(6-9)14(18,19)20/h5-8H,1-4H3. The Balaban J connectivity index is 3.47. The predicted molar refractivity (Wildman–Crippen MR) is 64.3 cm³/mol. The summed E-state index contributed by atoms with van der Waals surface area (Å²) in [6.45, 7) is 6.93. The molecule has 114 valence electrons. The van der Waals surface area contributed by atoms with Gasteiger partial charge < -0.3 is 0 Å². The molecule has 0 aromatic heterocycles. The monoisotopic (exact) mass is 298 g/mol. The fraction of sp³-hybridized carbons (Fsp3) is 0.571. The lowest BCUT2D eigenvalue weighted by molar-refractivity contribution is -0.143. The molecule has 0 aliphatic rings. The van der Waals surface area contributed by atoms with Crippen LogP contribution in [0.3, 0.4) is 0 Å². The molecule has 1 unspecified atom stereocenters. The Labute approximate surface area is 113 Å². The van der Waals surface area contributed by atoms with Gasteiger partial charge in [-0.1, -0.05) is 27.7 Å². The van der Waals surface area contributed by atoms with Crippen molar-refractivity contribution in [2.24, 2.45) is 5.41 Å². The fourth-order valence-electron chi connectivity index (χ4n) is 1.73. The van der Waals surface area contributed by atoms with Crippen LogP contribution >= 0.6 is 0 Å². The Morgan fingerprint density at radius 3 is 1.35 bits per heavy atom. The molecular weight excluding hydrogens is 282 g/mol. The highest BCUT2D eigenvalue weighted by Gasteiger charge is 2.38. The highest BCUT2D eigenvalue weighted by atomic mass is 19.4. The quantitative estimate of drug-likeness (QED) is 0.568. The van der Waals surface area contributed by atoms with Crippen LogP contribution < -0.4 is 0 Å². The third-order valence-corrected chi connectivity index (χ3v) is 3.41. The molecule has 0 bridgehead atoms. The van der Waals surface area contributed by atoms with Gasteiger partial charge in [-0.2, -0.15) is 26.3 Å². The first-order valence-corrected chi connectivity index (χ1v) is 6.02. The minimum absolute atomic E-state index is 0.0413. The van der Waals surface area contributed by atoms with Crippen LogP contribution in [0.1, 0.15) is 50.3 Å². The Morgan fingerprint density at radius 1 is 0.750 bits per heavy atom. The SMILES string of the molecule is CC(c1cc(C(F)(F)F)cc(C(F)(F)F)c1)C(C)(C)C. The lowest BCUT2D eigenvalue weighted by Crippen LogP contribution is -2.18. The second kappa shape index (κ2) is 4.97. The Kier molecular flexibility index (Phi) is 4.19. The van der Waals surface area contributed by atoms with Crippen LogP contribution in [0.5, 0.6) is 0 Å². The van der Waals surface area contributed by atoms with E-state index >= 15 is 0 Å². The van der Waals surface area contributed by atoms with Gasteiger partial charge in [0.05, 0.1) is 11.1 Å². The third-order valence-electron chi connectivity index (χ3n) is 3.41. The molecule has 0 fully saturated rings. The van der Waals surface area contributed by atoms with Crippen LogP contribution in [0.4, 0.5) is 26.3 Å². The lowest BCUT2D eigenvalue weighted by atomic mass is 9.77. The lowest BCUT2D eigenvalue weighted by Gasteiger charge is -2.29. The molecule has 0 heterocycles. The van der Waals surface area contributed by atoms with E-state index in [1.165, 1.54) is 0 Å². The molecule has 1 rings (SSSR count). The van der Waals surface area contributed by atoms with Crippen molar-refractivity contribution in [3.05, 3.63) is 34.9 Å². The van der Waals surface area contributed by atoms with Gasteiger partial charge in [0.25, 0.3) is 0 Å². The van der Waals surface area contributed by atoms with Crippen LogP contribution in [0.25, 0.3) is 0 Å². The van der Waals surface area contributed by atoms with Gasteiger partial charge in [-0.15, -0.1) is 0 Å². The molecule has 0 amide bonds. The van der Waals surface area contributed by atoms with Crippen molar-refractivity contribution < 1.29 is 26.3 Å². The normalized spacial score (nSPS) is 15.3. The molecule has 1 aromatic rings. The van der Waals surface area contributed by atoms with E-state index in [9.17, 15) is 26.3 Å². The van der Waals surface area contributed by atoms with Crippen LogP contribution in [0.2, 0.25) is 0 Å². The van der Waals surface area contributed by atoms with Crippen LogP contribution in [0.15, 0.2) is 18.2 Å². The van der Waals surface area contributed by atoms with E-state index in [4.69, 9.17) is 0 Å². The third kappa shape index (κ3) is 3.90. The van der Waals surface area contributed by atoms with E-state index in [-0.39, 0.29) is 11.6 Å². The molecule has 0 nitrogen and oxygen atoms in total. The number of hydrogen-bond acceptors (Lipinski definition) is 0. The van der Waals surface area contributed by atoms with E-state index in [1.807, 2.05) is 0 Å². The van der Waals surface area contributed by atoms with Gasteiger partial charge in [0.2, 0.25) is 0 Å². The minimum atomic E-state index is -4.80. The summed E-state index contributed by atoms with van der Waals surface area (Å²) in [4.78, 5) is 0. The van der Waals surface area contributed by atoms with Crippen molar-refractivity contribution >= 4 is 0 Å². The van der Waals surface area contributed by atoms with Crippen molar-refractivity contribution in [2.75, 3.05) is 0 Å². The predicted octanol–water partition coefficient (Wildman–Crippen LogP) is 5.87. The number of hydrogen-bond donors (Lipinski definition) is 0. The summed E-state index contributed by atoms with van der Waals surface area (Å²) in [5, 5.41) is 0. The summed E-state index contributed by atoms with van der Waals surface area (Å²) in [6, 6.07) is 1.75. The van der Waals surface area contributed by atoms with E-state index < -0.39 is 34.8 Å². The topological polar surface area (TPSA) is 0 Å². The summed E-state index contributed by atoms with van der Waals surface area (Å²) in [6.07, 6.45) is -9.60. The van der Waals surface area contributed by atoms with Crippen molar-refractivity contribution in [3.8, 4) is 0 Å². The summed E-state index contributed by atoms with van der Waals surface area (Å²) >= 11 is 0. The van der Waals surface area contributed by atoms with Gasteiger partial charge in [-0.25, -0.2) is 0 Å². The minimum Gasteiger partial charge on any atom is -0.166 e. The summed E-state index contributed by atoms with van der Waals surface area (Å²) < 4.78 is 76.4. The van der Waals surface area contributed by atoms with Gasteiger partial charge >= 0.3 is 12.4 Å². The van der Waals surface area contributed by atoms with Crippen molar-refractivity contribution in [2.45, 2.75) is 46.0 Å². The van der Waals surface area contributed by atoms with E-state index in [0.717, 1.165) is 12.1 Å². The highest BCUT2D eigenvalue weighted by molar-refractivity contribution is 5.35. The number of halogens is 6. The van der Waals surface area contributed by atoms with Crippen molar-refractivity contribution in [3.63, 3.8) is 0 Å². The van der Waals surface area contributed by atoms with E-state index in [2.05, 4.69) is 0 Å². The Bertz CT molecular complexity index is 444. The van der Waals surface area contributed by atoms with Crippen LogP contribution in [0, 0.1) is 5.41 Å². The maximum absolute atomic E-state index is 12.7. The van der Waals surface area contributed by atoms with Crippen molar-refractivity contribution in [1.29, 1.82) is 0 Å². The fourth-order valence-corrected chi connectivity index (χ4v) is 1.73. The molecule has 1 atom stereocenters. The van der Waals surface area contributed by atoms with Gasteiger partial charge in [0.1, 0.15) is 0 Å². The average molecular weight is 298 g/mol. The second-order valence-electron chi connectivity index (χ2n) is 5.93. The highest BCUT2D eigenvalue weighted by Crippen LogP contribution is 2.41. The van der Waals surface area contributed by atoms with Crippen LogP contribution in [-0.4, -0.2) is 0 Å². The van der Waals surface area contributed by atoms with Gasteiger partial charge in [0, 0.05) is 0 Å². The second-order valence-corrected chi connectivity index (χ2v) is 5.93. The molecule has 0 saturated carbocycles. The first-order chi connectivity index (χ1) is 8.73. The smallest absolute Gasteiger partial charge is 0.166 e. The zero-order valence-electron chi connectivity index (χ0n) is 11.6. The van der Waals surface area contributed by atoms with Crippen LogP contribution in [-0.2, 0) is 12.4 Å². The number of benzene rings is 1. The largest absolute Gasteiger partial charge is 0.416 e. The molecule has 0 radical (unpaired) electrons. The summed E-state index contributed by atoms with van der Waals surface area (Å²) in [5.74, 6) is -0.439. The van der Waals surface area contributed by atoms with Gasteiger partial charge in [0.15, 0.2) is 0 Å². The zero-order chi connectivity index (χ0) is 15.9. The molecule has 0 N–H and O–H groups in total. The van der Waals surface area contributed by atoms with Gasteiger partial charge in [-0.05, 0) is 35.1 Å². The molecular formula is C14H16F6. The Morgan fingerprint density at radius 2 is 1.10 bits per heavy atom. The maximum Gasteiger partial charge on any atom is 0.416 e. The first-order valence-electron chi connectivity index (χ1n) is 6.02.